The second-order valence-electron chi connectivity index (χ2n) is 3.47. The normalized spacial score (nSPS) is 10.1. The van der Waals surface area contributed by atoms with Crippen molar-refractivity contribution in [3.05, 3.63) is 30.6 Å². The van der Waals surface area contributed by atoms with Crippen molar-refractivity contribution in [2.75, 3.05) is 17.2 Å². The largest absolute Gasteiger partial charge is 0.370 e. The van der Waals surface area contributed by atoms with Gasteiger partial charge in [-0.15, -0.1) is 0 Å². The number of nitrogens with one attached hydrogen (secondary N) is 2. The summed E-state index contributed by atoms with van der Waals surface area (Å²) >= 11 is 0. The molecule has 84 valence electrons. The molecule has 0 aromatic carbocycles. The summed E-state index contributed by atoms with van der Waals surface area (Å²) in [7, 11) is 1.88. The maximum atomic E-state index is 4.41. The van der Waals surface area contributed by atoms with Crippen molar-refractivity contribution in [1.29, 1.82) is 0 Å². The lowest BCUT2D eigenvalue weighted by atomic mass is 10.4. The molecule has 5 heteroatoms. The highest BCUT2D eigenvalue weighted by atomic mass is 15.3. The highest BCUT2D eigenvalue weighted by Crippen LogP contribution is 2.14. The molecule has 0 spiro atoms. The van der Waals surface area contributed by atoms with Crippen LogP contribution in [0.4, 0.5) is 17.3 Å². The van der Waals surface area contributed by atoms with Crippen LogP contribution < -0.4 is 10.6 Å². The van der Waals surface area contributed by atoms with E-state index in [0.29, 0.717) is 0 Å². The predicted octanol–water partition coefficient (Wildman–Crippen LogP) is 1.99. The number of hydrogen-bond acceptors (Lipinski definition) is 4. The minimum atomic E-state index is 0.812. The van der Waals surface area contributed by atoms with Gasteiger partial charge in [0, 0.05) is 19.8 Å². The fraction of sp³-hybridized carbons (Fsp3) is 0.273. The molecule has 0 aliphatic heterocycles. The third kappa shape index (κ3) is 2.50. The van der Waals surface area contributed by atoms with Crippen LogP contribution >= 0.6 is 0 Å². The molecule has 0 aliphatic carbocycles. The number of hydrogen-bond donors (Lipinski definition) is 2. The van der Waals surface area contributed by atoms with E-state index in [4.69, 9.17) is 0 Å². The Morgan fingerprint density at radius 3 is 2.81 bits per heavy atom. The van der Waals surface area contributed by atoms with E-state index < -0.39 is 0 Å². The highest BCUT2D eigenvalue weighted by Gasteiger charge is 1.99. The summed E-state index contributed by atoms with van der Waals surface area (Å²) in [5.74, 6) is 1.68. The first-order valence-electron chi connectivity index (χ1n) is 5.24. The molecule has 2 aromatic heterocycles. The maximum absolute atomic E-state index is 4.41. The Balaban J connectivity index is 2.12. The van der Waals surface area contributed by atoms with E-state index in [9.17, 15) is 0 Å². The molecule has 0 amide bonds. The standard InChI is InChI=1S/C11H15N5/c1-3-12-10-5-4-6-11(15-10)14-9-7-13-16(2)8-9/h4-8H,3H2,1-2H3,(H2,12,14,15). The van der Waals surface area contributed by atoms with E-state index >= 15 is 0 Å². The summed E-state index contributed by atoms with van der Waals surface area (Å²) in [5, 5.41) is 10.4. The first-order valence-corrected chi connectivity index (χ1v) is 5.24. The topological polar surface area (TPSA) is 54.8 Å². The summed E-state index contributed by atoms with van der Waals surface area (Å²) in [6.45, 7) is 2.91. The Bertz CT molecular complexity index is 463. The zero-order valence-corrected chi connectivity index (χ0v) is 9.44. The van der Waals surface area contributed by atoms with E-state index in [1.165, 1.54) is 0 Å². The van der Waals surface area contributed by atoms with E-state index in [-0.39, 0.29) is 0 Å². The molecule has 0 atom stereocenters. The Morgan fingerprint density at radius 1 is 1.31 bits per heavy atom. The summed E-state index contributed by atoms with van der Waals surface area (Å²) in [6, 6.07) is 5.83. The second kappa shape index (κ2) is 4.65. The molecule has 0 aliphatic rings. The predicted molar refractivity (Wildman–Crippen MR) is 64.9 cm³/mol. The summed E-state index contributed by atoms with van der Waals surface area (Å²) in [5.41, 5.74) is 0.934. The number of rotatable bonds is 4. The Hall–Kier alpha value is -2.04. The molecular formula is C11H15N5. The van der Waals surface area contributed by atoms with Crippen LogP contribution in [0.3, 0.4) is 0 Å². The molecule has 0 saturated heterocycles. The SMILES string of the molecule is CCNc1cccc(Nc2cnn(C)c2)n1. The van der Waals surface area contributed by atoms with Gasteiger partial charge in [-0.05, 0) is 19.1 Å². The van der Waals surface area contributed by atoms with Gasteiger partial charge in [0.25, 0.3) is 0 Å². The molecule has 2 rings (SSSR count). The molecule has 0 unspecified atom stereocenters. The fourth-order valence-corrected chi connectivity index (χ4v) is 1.42. The number of anilines is 3. The molecule has 5 nitrogen and oxygen atoms in total. The van der Waals surface area contributed by atoms with Crippen LogP contribution in [-0.2, 0) is 7.05 Å². The van der Waals surface area contributed by atoms with Gasteiger partial charge in [0.1, 0.15) is 11.6 Å². The Kier molecular flexibility index (Phi) is 3.05. The summed E-state index contributed by atoms with van der Waals surface area (Å²) in [4.78, 5) is 4.41. The molecule has 2 aromatic rings. The van der Waals surface area contributed by atoms with Gasteiger partial charge in [0.15, 0.2) is 0 Å². The first-order chi connectivity index (χ1) is 7.78. The molecule has 16 heavy (non-hydrogen) atoms. The van der Waals surface area contributed by atoms with Gasteiger partial charge in [-0.1, -0.05) is 6.07 Å². The van der Waals surface area contributed by atoms with Crippen LogP contribution in [0.25, 0.3) is 0 Å². The second-order valence-corrected chi connectivity index (χ2v) is 3.47. The van der Waals surface area contributed by atoms with Crippen molar-refractivity contribution in [2.45, 2.75) is 6.92 Å². The number of nitrogens with zero attached hydrogens (tertiary/aromatic N) is 3. The van der Waals surface area contributed by atoms with Gasteiger partial charge < -0.3 is 10.6 Å². The average Bonchev–Trinajstić information content (AvgIpc) is 2.65. The Morgan fingerprint density at radius 2 is 2.12 bits per heavy atom. The molecule has 2 N–H and O–H groups in total. The van der Waals surface area contributed by atoms with Crippen LogP contribution in [0.2, 0.25) is 0 Å². The van der Waals surface area contributed by atoms with Gasteiger partial charge >= 0.3 is 0 Å². The van der Waals surface area contributed by atoms with Crippen molar-refractivity contribution in [3.63, 3.8) is 0 Å². The van der Waals surface area contributed by atoms with Crippen molar-refractivity contribution >= 4 is 17.3 Å². The van der Waals surface area contributed by atoms with E-state index in [1.54, 1.807) is 10.9 Å². The molecule has 0 saturated carbocycles. The fourth-order valence-electron chi connectivity index (χ4n) is 1.42. The molecule has 0 bridgehead atoms. The van der Waals surface area contributed by atoms with Gasteiger partial charge in [0.2, 0.25) is 0 Å². The van der Waals surface area contributed by atoms with E-state index in [0.717, 1.165) is 23.9 Å². The quantitative estimate of drug-likeness (QED) is 0.822. The third-order valence-corrected chi connectivity index (χ3v) is 2.08. The van der Waals surface area contributed by atoms with Gasteiger partial charge in [-0.3, -0.25) is 4.68 Å². The van der Waals surface area contributed by atoms with Crippen LogP contribution in [0.15, 0.2) is 30.6 Å². The van der Waals surface area contributed by atoms with Crippen molar-refractivity contribution in [2.24, 2.45) is 7.05 Å². The van der Waals surface area contributed by atoms with Crippen molar-refractivity contribution in [3.8, 4) is 0 Å². The van der Waals surface area contributed by atoms with Gasteiger partial charge in [-0.25, -0.2) is 4.98 Å². The van der Waals surface area contributed by atoms with E-state index in [2.05, 4.69) is 20.7 Å². The highest BCUT2D eigenvalue weighted by molar-refractivity contribution is 5.56. The smallest absolute Gasteiger partial charge is 0.132 e. The zero-order valence-electron chi connectivity index (χ0n) is 9.44. The van der Waals surface area contributed by atoms with Crippen molar-refractivity contribution < 1.29 is 0 Å². The van der Waals surface area contributed by atoms with Crippen LogP contribution in [-0.4, -0.2) is 21.3 Å². The molecule has 0 radical (unpaired) electrons. The summed E-state index contributed by atoms with van der Waals surface area (Å²) in [6.07, 6.45) is 3.67. The number of aromatic nitrogens is 3. The summed E-state index contributed by atoms with van der Waals surface area (Å²) < 4.78 is 1.75. The Labute approximate surface area is 94.5 Å². The third-order valence-electron chi connectivity index (χ3n) is 2.08. The van der Waals surface area contributed by atoms with Crippen LogP contribution in [0, 0.1) is 0 Å². The molecule has 0 fully saturated rings. The van der Waals surface area contributed by atoms with Gasteiger partial charge in [0.05, 0.1) is 11.9 Å². The van der Waals surface area contributed by atoms with E-state index in [1.807, 2.05) is 38.4 Å². The lowest BCUT2D eigenvalue weighted by Gasteiger charge is -2.05. The van der Waals surface area contributed by atoms with Crippen LogP contribution in [0.5, 0.6) is 0 Å². The average molecular weight is 217 g/mol. The number of aryl methyl sites for hydroxylation is 1. The lowest BCUT2D eigenvalue weighted by Crippen LogP contribution is -2.00. The lowest BCUT2D eigenvalue weighted by molar-refractivity contribution is 0.768. The molecule has 2 heterocycles. The first kappa shape index (κ1) is 10.5. The maximum Gasteiger partial charge on any atom is 0.132 e. The zero-order chi connectivity index (χ0) is 11.4. The monoisotopic (exact) mass is 217 g/mol. The molecular weight excluding hydrogens is 202 g/mol. The minimum absolute atomic E-state index is 0.812. The van der Waals surface area contributed by atoms with Crippen LogP contribution in [0.1, 0.15) is 6.92 Å². The van der Waals surface area contributed by atoms with Crippen molar-refractivity contribution in [1.82, 2.24) is 14.8 Å². The minimum Gasteiger partial charge on any atom is -0.370 e. The van der Waals surface area contributed by atoms with Gasteiger partial charge in [-0.2, -0.15) is 5.10 Å². The number of pyridine rings is 1.